The van der Waals surface area contributed by atoms with E-state index in [1.807, 2.05) is 0 Å². The number of nitrogens with one attached hydrogen (secondary N) is 3. The topological polar surface area (TPSA) is 167 Å². The molecule has 0 amide bonds. The predicted molar refractivity (Wildman–Crippen MR) is 98.9 cm³/mol. The lowest BCUT2D eigenvalue weighted by atomic mass is 10.2. The van der Waals surface area contributed by atoms with Gasteiger partial charge in [0.05, 0.1) is 29.2 Å². The van der Waals surface area contributed by atoms with Gasteiger partial charge >= 0.3 is 11.1 Å². The molecule has 0 aliphatic carbocycles. The summed E-state index contributed by atoms with van der Waals surface area (Å²) in [4.78, 5) is 39.3. The van der Waals surface area contributed by atoms with Crippen molar-refractivity contribution in [3.05, 3.63) is 43.0 Å². The molecule has 28 heavy (non-hydrogen) atoms. The largest absolute Gasteiger partial charge is 0.379 e. The first kappa shape index (κ1) is 20.1. The van der Waals surface area contributed by atoms with E-state index in [0.29, 0.717) is 26.2 Å². The number of benzene rings is 1. The molecule has 2 aromatic rings. The first-order chi connectivity index (χ1) is 13.3. The third-order valence-electron chi connectivity index (χ3n) is 4.33. The maximum Gasteiger partial charge on any atom is 0.314 e. The zero-order chi connectivity index (χ0) is 20.3. The summed E-state index contributed by atoms with van der Waals surface area (Å²) in [7, 11) is -4.20. The lowest BCUT2D eigenvalue weighted by Crippen LogP contribution is -2.38. The second kappa shape index (κ2) is 8.18. The van der Waals surface area contributed by atoms with Crippen molar-refractivity contribution in [1.82, 2.24) is 19.6 Å². The van der Waals surface area contributed by atoms with Crippen molar-refractivity contribution in [2.24, 2.45) is 0 Å². The highest BCUT2D eigenvalue weighted by Crippen LogP contribution is 2.27. The van der Waals surface area contributed by atoms with Crippen LogP contribution >= 0.6 is 0 Å². The second-order valence-corrected chi connectivity index (χ2v) is 7.97. The minimum Gasteiger partial charge on any atom is -0.379 e. The van der Waals surface area contributed by atoms with Gasteiger partial charge in [0.1, 0.15) is 0 Å². The van der Waals surface area contributed by atoms with E-state index < -0.39 is 36.6 Å². The molecule has 3 N–H and O–H groups in total. The summed E-state index contributed by atoms with van der Waals surface area (Å²) in [5, 5.41) is 11.3. The summed E-state index contributed by atoms with van der Waals surface area (Å²) in [6.45, 7) is 3.57. The predicted octanol–water partition coefficient (Wildman–Crippen LogP) is -0.875. The number of aromatic nitrogens is 2. The Balaban J connectivity index is 1.82. The number of nitro groups is 1. The molecule has 3 rings (SSSR count). The SMILES string of the molecule is O=c1[nH]c2cc([N+](=O)[O-])c(S(=O)(=O)NCCCN3CCOCC3)cc2[nH]c1=O. The number of H-pyrrole nitrogens is 2. The van der Waals surface area contributed by atoms with Crippen molar-refractivity contribution in [2.75, 3.05) is 39.4 Å². The van der Waals surface area contributed by atoms with Gasteiger partial charge in [-0.05, 0) is 19.0 Å². The molecule has 2 heterocycles. The van der Waals surface area contributed by atoms with Gasteiger partial charge in [-0.2, -0.15) is 0 Å². The summed E-state index contributed by atoms with van der Waals surface area (Å²) in [6.07, 6.45) is 0.519. The Kier molecular flexibility index (Phi) is 5.88. The summed E-state index contributed by atoms with van der Waals surface area (Å²) < 4.78 is 32.8. The Morgan fingerprint density at radius 3 is 2.36 bits per heavy atom. The number of sulfonamides is 1. The molecule has 0 saturated carbocycles. The number of ether oxygens (including phenoxy) is 1. The number of hydrogen-bond acceptors (Lipinski definition) is 8. The van der Waals surface area contributed by atoms with Crippen LogP contribution in [0, 0.1) is 10.1 Å². The highest BCUT2D eigenvalue weighted by Gasteiger charge is 2.27. The molecule has 1 saturated heterocycles. The Morgan fingerprint density at radius 2 is 1.75 bits per heavy atom. The number of nitrogens with zero attached hydrogens (tertiary/aromatic N) is 2. The number of nitro benzene ring substituents is 1. The van der Waals surface area contributed by atoms with Crippen LogP contribution in [0.5, 0.6) is 0 Å². The first-order valence-electron chi connectivity index (χ1n) is 8.52. The molecule has 0 bridgehead atoms. The number of hydrogen-bond donors (Lipinski definition) is 3. The van der Waals surface area contributed by atoms with E-state index in [9.17, 15) is 28.1 Å². The van der Waals surface area contributed by atoms with Crippen LogP contribution < -0.4 is 15.8 Å². The summed E-state index contributed by atoms with van der Waals surface area (Å²) in [5.74, 6) is 0. The molecule has 0 atom stereocenters. The minimum absolute atomic E-state index is 0.0242. The molecular formula is C15H19N5O7S. The van der Waals surface area contributed by atoms with Gasteiger partial charge in [0.15, 0.2) is 4.90 Å². The molecule has 1 fully saturated rings. The van der Waals surface area contributed by atoms with Crippen molar-refractivity contribution in [1.29, 1.82) is 0 Å². The Bertz CT molecular complexity index is 1100. The zero-order valence-corrected chi connectivity index (χ0v) is 15.6. The summed E-state index contributed by atoms with van der Waals surface area (Å²) >= 11 is 0. The highest BCUT2D eigenvalue weighted by atomic mass is 32.2. The molecule has 13 heteroatoms. The first-order valence-corrected chi connectivity index (χ1v) is 10.0. The minimum atomic E-state index is -4.20. The van der Waals surface area contributed by atoms with E-state index in [-0.39, 0.29) is 17.6 Å². The lowest BCUT2D eigenvalue weighted by molar-refractivity contribution is -0.387. The van der Waals surface area contributed by atoms with Gasteiger partial charge in [-0.25, -0.2) is 13.1 Å². The van der Waals surface area contributed by atoms with E-state index in [1.54, 1.807) is 0 Å². The van der Waals surface area contributed by atoms with E-state index >= 15 is 0 Å². The monoisotopic (exact) mass is 413 g/mol. The standard InChI is InChI=1S/C15H19N5O7S/c21-14-15(22)18-11-9-13(12(20(23)24)8-10(11)17-14)28(25,26)16-2-1-3-19-4-6-27-7-5-19/h8-9,16H,1-7H2,(H,17,21)(H,18,22). The van der Waals surface area contributed by atoms with Crippen LogP contribution in [0.25, 0.3) is 11.0 Å². The van der Waals surface area contributed by atoms with Crippen molar-refractivity contribution in [3.8, 4) is 0 Å². The van der Waals surface area contributed by atoms with Gasteiger partial charge < -0.3 is 14.7 Å². The van der Waals surface area contributed by atoms with Crippen LogP contribution in [-0.2, 0) is 14.8 Å². The zero-order valence-electron chi connectivity index (χ0n) is 14.8. The maximum absolute atomic E-state index is 12.6. The van der Waals surface area contributed by atoms with Gasteiger partial charge in [0, 0.05) is 25.7 Å². The van der Waals surface area contributed by atoms with E-state index in [2.05, 4.69) is 19.6 Å². The number of morpholine rings is 1. The molecule has 1 aromatic carbocycles. The van der Waals surface area contributed by atoms with Crippen LogP contribution in [0.1, 0.15) is 6.42 Å². The normalized spacial score (nSPS) is 15.7. The van der Waals surface area contributed by atoms with E-state index in [1.165, 1.54) is 0 Å². The van der Waals surface area contributed by atoms with Crippen molar-refractivity contribution in [2.45, 2.75) is 11.3 Å². The third-order valence-corrected chi connectivity index (χ3v) is 5.83. The van der Waals surface area contributed by atoms with Crippen LogP contribution in [0.4, 0.5) is 5.69 Å². The summed E-state index contributed by atoms with van der Waals surface area (Å²) in [6, 6.07) is 1.88. The smallest absolute Gasteiger partial charge is 0.314 e. The molecule has 0 unspecified atom stereocenters. The average Bonchev–Trinajstić information content (AvgIpc) is 2.66. The number of rotatable bonds is 7. The Labute approximate surface area is 158 Å². The molecule has 1 aliphatic heterocycles. The molecule has 1 aromatic heterocycles. The van der Waals surface area contributed by atoms with E-state index in [0.717, 1.165) is 25.2 Å². The second-order valence-electron chi connectivity index (χ2n) is 6.24. The van der Waals surface area contributed by atoms with Gasteiger partial charge in [0.2, 0.25) is 10.0 Å². The van der Waals surface area contributed by atoms with E-state index in [4.69, 9.17) is 4.74 Å². The third kappa shape index (κ3) is 4.44. The number of fused-ring (bicyclic) bond motifs is 1. The fourth-order valence-corrected chi connectivity index (χ4v) is 4.15. The molecule has 152 valence electrons. The van der Waals surface area contributed by atoms with Crippen LogP contribution in [0.15, 0.2) is 26.6 Å². The fraction of sp³-hybridized carbons (Fsp3) is 0.467. The van der Waals surface area contributed by atoms with Gasteiger partial charge in [-0.3, -0.25) is 24.6 Å². The maximum atomic E-state index is 12.6. The van der Waals surface area contributed by atoms with Crippen molar-refractivity contribution >= 4 is 26.7 Å². The van der Waals surface area contributed by atoms with Crippen molar-refractivity contribution < 1.29 is 18.1 Å². The van der Waals surface area contributed by atoms with Gasteiger partial charge in [0.25, 0.3) is 5.69 Å². The number of aromatic amines is 2. The fourth-order valence-electron chi connectivity index (χ4n) is 2.90. The molecular weight excluding hydrogens is 394 g/mol. The highest BCUT2D eigenvalue weighted by molar-refractivity contribution is 7.89. The van der Waals surface area contributed by atoms with Crippen molar-refractivity contribution in [3.63, 3.8) is 0 Å². The molecule has 1 aliphatic rings. The van der Waals surface area contributed by atoms with Crippen LogP contribution in [0.2, 0.25) is 0 Å². The summed E-state index contributed by atoms with van der Waals surface area (Å²) in [5.41, 5.74) is -2.73. The van der Waals surface area contributed by atoms with Crippen LogP contribution in [0.3, 0.4) is 0 Å². The Hall–Kier alpha value is -2.61. The lowest BCUT2D eigenvalue weighted by Gasteiger charge is -2.26. The average molecular weight is 413 g/mol. The van der Waals surface area contributed by atoms with Gasteiger partial charge in [-0.1, -0.05) is 0 Å². The van der Waals surface area contributed by atoms with Gasteiger partial charge in [-0.15, -0.1) is 0 Å². The Morgan fingerprint density at radius 1 is 1.14 bits per heavy atom. The molecule has 0 spiro atoms. The quantitative estimate of drug-likeness (QED) is 0.228. The molecule has 0 radical (unpaired) electrons. The molecule has 12 nitrogen and oxygen atoms in total. The van der Waals surface area contributed by atoms with Crippen LogP contribution in [-0.4, -0.2) is 67.6 Å².